The molecule has 0 spiro atoms. The summed E-state index contributed by atoms with van der Waals surface area (Å²) in [6.45, 7) is 3.14. The van der Waals surface area contributed by atoms with Gasteiger partial charge in [0, 0.05) is 35.3 Å². The minimum atomic E-state index is 0.343. The number of fused-ring (bicyclic) bond motifs is 2. The van der Waals surface area contributed by atoms with E-state index in [1.807, 2.05) is 18.2 Å². The number of rotatable bonds is 5. The van der Waals surface area contributed by atoms with E-state index in [0.29, 0.717) is 24.0 Å². The summed E-state index contributed by atoms with van der Waals surface area (Å²) >= 11 is 6.21. The molecular formula is C22H27ClN2O. The summed E-state index contributed by atoms with van der Waals surface area (Å²) in [7, 11) is 1.71. The fourth-order valence-electron chi connectivity index (χ4n) is 4.79. The molecule has 0 aromatic heterocycles. The number of piperidine rings is 1. The molecule has 2 aromatic carbocycles. The van der Waals surface area contributed by atoms with Gasteiger partial charge in [-0.3, -0.25) is 0 Å². The number of halogens is 1. The van der Waals surface area contributed by atoms with Crippen molar-refractivity contribution in [2.45, 2.75) is 44.4 Å². The van der Waals surface area contributed by atoms with Crippen LogP contribution in [0, 0.1) is 11.8 Å². The first-order valence-corrected chi connectivity index (χ1v) is 9.90. The van der Waals surface area contributed by atoms with Crippen LogP contribution in [-0.2, 0) is 6.54 Å². The molecule has 3 nitrogen and oxygen atoms in total. The van der Waals surface area contributed by atoms with Crippen molar-refractivity contribution in [1.29, 1.82) is 0 Å². The average molecular weight is 371 g/mol. The molecule has 2 fully saturated rings. The number of ether oxygens (including phenoxy) is 1. The Balaban J connectivity index is 1.57. The first-order valence-electron chi connectivity index (χ1n) is 9.52. The number of hydrogen-bond donors (Lipinski definition) is 2. The van der Waals surface area contributed by atoms with Crippen molar-refractivity contribution < 1.29 is 4.74 Å². The molecule has 0 radical (unpaired) electrons. The quantitative estimate of drug-likeness (QED) is 0.809. The zero-order valence-electron chi connectivity index (χ0n) is 15.4. The van der Waals surface area contributed by atoms with Gasteiger partial charge in [-0.2, -0.15) is 0 Å². The summed E-state index contributed by atoms with van der Waals surface area (Å²) in [6, 6.07) is 18.0. The Bertz CT molecular complexity index is 749. The van der Waals surface area contributed by atoms with E-state index in [4.69, 9.17) is 16.3 Å². The van der Waals surface area contributed by atoms with Crippen molar-refractivity contribution in [2.24, 2.45) is 11.8 Å². The molecule has 2 aromatic rings. The highest BCUT2D eigenvalue weighted by atomic mass is 35.5. The van der Waals surface area contributed by atoms with Crippen molar-refractivity contribution in [2.75, 3.05) is 7.11 Å². The molecule has 26 heavy (non-hydrogen) atoms. The summed E-state index contributed by atoms with van der Waals surface area (Å²) in [5.41, 5.74) is 2.48. The Morgan fingerprint density at radius 1 is 1.15 bits per heavy atom. The van der Waals surface area contributed by atoms with Gasteiger partial charge in [0.15, 0.2) is 0 Å². The van der Waals surface area contributed by atoms with Crippen LogP contribution >= 0.6 is 11.6 Å². The van der Waals surface area contributed by atoms with Gasteiger partial charge in [0.2, 0.25) is 0 Å². The molecular weight excluding hydrogens is 344 g/mol. The molecule has 4 heteroatoms. The fraction of sp³-hybridized carbons (Fsp3) is 0.455. The monoisotopic (exact) mass is 370 g/mol. The van der Waals surface area contributed by atoms with Crippen molar-refractivity contribution in [3.63, 3.8) is 0 Å². The van der Waals surface area contributed by atoms with Crippen LogP contribution in [0.25, 0.3) is 0 Å². The van der Waals surface area contributed by atoms with Gasteiger partial charge in [-0.25, -0.2) is 0 Å². The molecule has 4 rings (SSSR count). The minimum absolute atomic E-state index is 0.343. The van der Waals surface area contributed by atoms with E-state index in [2.05, 4.69) is 47.9 Å². The molecule has 2 aliphatic rings. The second kappa shape index (κ2) is 7.59. The summed E-state index contributed by atoms with van der Waals surface area (Å²) in [4.78, 5) is 0. The van der Waals surface area contributed by atoms with Crippen LogP contribution in [0.5, 0.6) is 5.75 Å². The lowest BCUT2D eigenvalue weighted by molar-refractivity contribution is 0.222. The van der Waals surface area contributed by atoms with Crippen LogP contribution in [0.4, 0.5) is 0 Å². The van der Waals surface area contributed by atoms with Gasteiger partial charge in [-0.1, -0.05) is 48.9 Å². The molecule has 1 aliphatic carbocycles. The van der Waals surface area contributed by atoms with Gasteiger partial charge in [0.25, 0.3) is 0 Å². The first kappa shape index (κ1) is 17.8. The summed E-state index contributed by atoms with van der Waals surface area (Å²) in [5, 5.41) is 8.50. The first-order chi connectivity index (χ1) is 12.7. The smallest absolute Gasteiger partial charge is 0.123 e. The SMILES string of the molecule is COc1ccc(Cl)cc1CNC1C2CC(C)C(C2)NC1c1ccccc1. The fourth-order valence-corrected chi connectivity index (χ4v) is 4.98. The third kappa shape index (κ3) is 3.48. The molecule has 1 saturated heterocycles. The summed E-state index contributed by atoms with van der Waals surface area (Å²) in [6.07, 6.45) is 2.54. The van der Waals surface area contributed by atoms with E-state index in [0.717, 1.165) is 28.8 Å². The van der Waals surface area contributed by atoms with E-state index >= 15 is 0 Å². The standard InChI is InChI=1S/C22H27ClN2O/c1-14-10-16-12-19(14)25-22(15-6-4-3-5-7-15)21(16)24-13-17-11-18(23)8-9-20(17)26-2/h3-9,11,14,16,19,21-22,24-25H,10,12-13H2,1-2H3. The van der Waals surface area contributed by atoms with Crippen molar-refractivity contribution in [3.8, 4) is 5.75 Å². The molecule has 1 saturated carbocycles. The molecule has 0 amide bonds. The molecule has 5 atom stereocenters. The topological polar surface area (TPSA) is 33.3 Å². The largest absolute Gasteiger partial charge is 0.496 e. The number of hydrogen-bond acceptors (Lipinski definition) is 3. The van der Waals surface area contributed by atoms with Crippen LogP contribution in [0.1, 0.15) is 36.9 Å². The molecule has 1 aliphatic heterocycles. The lowest BCUT2D eigenvalue weighted by Gasteiger charge is -2.39. The van der Waals surface area contributed by atoms with Crippen LogP contribution in [0.15, 0.2) is 48.5 Å². The van der Waals surface area contributed by atoms with Gasteiger partial charge >= 0.3 is 0 Å². The maximum absolute atomic E-state index is 6.21. The van der Waals surface area contributed by atoms with E-state index in [1.54, 1.807) is 7.11 Å². The average Bonchev–Trinajstić information content (AvgIpc) is 2.96. The van der Waals surface area contributed by atoms with Crippen LogP contribution in [0.2, 0.25) is 5.02 Å². The van der Waals surface area contributed by atoms with Crippen molar-refractivity contribution >= 4 is 11.6 Å². The van der Waals surface area contributed by atoms with E-state index in [9.17, 15) is 0 Å². The zero-order chi connectivity index (χ0) is 18.1. The van der Waals surface area contributed by atoms with Gasteiger partial charge in [0.05, 0.1) is 7.11 Å². The molecule has 138 valence electrons. The summed E-state index contributed by atoms with van der Waals surface area (Å²) in [5.74, 6) is 2.32. The van der Waals surface area contributed by atoms with E-state index in [1.165, 1.54) is 18.4 Å². The zero-order valence-corrected chi connectivity index (χ0v) is 16.2. The Labute approximate surface area is 161 Å². The van der Waals surface area contributed by atoms with Crippen molar-refractivity contribution in [1.82, 2.24) is 10.6 Å². The number of benzene rings is 2. The Kier molecular flexibility index (Phi) is 5.21. The third-order valence-corrected chi connectivity index (χ3v) is 6.34. The van der Waals surface area contributed by atoms with E-state index < -0.39 is 0 Å². The van der Waals surface area contributed by atoms with Gasteiger partial charge < -0.3 is 15.4 Å². The Morgan fingerprint density at radius 3 is 2.73 bits per heavy atom. The van der Waals surface area contributed by atoms with Crippen LogP contribution in [0.3, 0.4) is 0 Å². The third-order valence-electron chi connectivity index (χ3n) is 6.11. The molecule has 2 N–H and O–H groups in total. The number of nitrogens with one attached hydrogen (secondary N) is 2. The predicted octanol–water partition coefficient (Wildman–Crippen LogP) is 4.57. The molecule has 5 unspecified atom stereocenters. The van der Waals surface area contributed by atoms with Gasteiger partial charge in [0.1, 0.15) is 5.75 Å². The number of methoxy groups -OCH3 is 1. The Hall–Kier alpha value is -1.55. The molecule has 1 heterocycles. The highest BCUT2D eigenvalue weighted by molar-refractivity contribution is 6.30. The van der Waals surface area contributed by atoms with Gasteiger partial charge in [-0.05, 0) is 48.4 Å². The van der Waals surface area contributed by atoms with Crippen LogP contribution < -0.4 is 15.4 Å². The predicted molar refractivity (Wildman–Crippen MR) is 107 cm³/mol. The summed E-state index contributed by atoms with van der Waals surface area (Å²) < 4.78 is 5.52. The Morgan fingerprint density at radius 2 is 1.96 bits per heavy atom. The maximum atomic E-state index is 6.21. The lowest BCUT2D eigenvalue weighted by Crippen LogP contribution is -2.51. The van der Waals surface area contributed by atoms with Gasteiger partial charge in [-0.15, -0.1) is 0 Å². The van der Waals surface area contributed by atoms with E-state index in [-0.39, 0.29) is 0 Å². The highest BCUT2D eigenvalue weighted by Crippen LogP contribution is 2.43. The second-order valence-electron chi connectivity index (χ2n) is 7.73. The highest BCUT2D eigenvalue weighted by Gasteiger charge is 2.45. The van der Waals surface area contributed by atoms with Crippen LogP contribution in [-0.4, -0.2) is 19.2 Å². The minimum Gasteiger partial charge on any atom is -0.496 e. The second-order valence-corrected chi connectivity index (χ2v) is 8.17. The lowest BCUT2D eigenvalue weighted by atomic mass is 9.84. The maximum Gasteiger partial charge on any atom is 0.123 e. The van der Waals surface area contributed by atoms with Crippen molar-refractivity contribution in [3.05, 3.63) is 64.7 Å². The molecule has 2 bridgehead atoms. The normalized spacial score (nSPS) is 30.3.